The SMILES string of the molecule is C[C@@]1(C(=O)O)CCCN(C[C@H]2CCOC(OCC(O)c3cc(C(F)(F)F)cc(C(F)(F)F)c3)[C@@H]2c2ccccc2)C1. The molecule has 0 bridgehead atoms. The summed E-state index contributed by atoms with van der Waals surface area (Å²) in [6.07, 6.45) is -10.9. The van der Waals surface area contributed by atoms with Crippen molar-refractivity contribution in [2.45, 2.75) is 56.9 Å². The zero-order valence-corrected chi connectivity index (χ0v) is 22.4. The number of carboxylic acid groups (broad SMARTS) is 1. The minimum atomic E-state index is -5.04. The summed E-state index contributed by atoms with van der Waals surface area (Å²) in [6.45, 7) is 3.06. The lowest BCUT2D eigenvalue weighted by Gasteiger charge is -2.43. The average Bonchev–Trinajstić information content (AvgIpc) is 2.91. The smallest absolute Gasteiger partial charge is 0.416 e. The highest BCUT2D eigenvalue weighted by molar-refractivity contribution is 5.74. The van der Waals surface area contributed by atoms with Gasteiger partial charge in [-0.05, 0) is 68.0 Å². The van der Waals surface area contributed by atoms with Crippen LogP contribution in [-0.4, -0.2) is 60.2 Å². The molecule has 226 valence electrons. The summed E-state index contributed by atoms with van der Waals surface area (Å²) in [4.78, 5) is 14.0. The van der Waals surface area contributed by atoms with Gasteiger partial charge in [0, 0.05) is 19.0 Å². The van der Waals surface area contributed by atoms with Crippen LogP contribution in [0.1, 0.15) is 60.5 Å². The van der Waals surface area contributed by atoms with Gasteiger partial charge >= 0.3 is 18.3 Å². The number of nitrogens with zero attached hydrogens (tertiary/aromatic N) is 1. The second-order valence-electron chi connectivity index (χ2n) is 11.1. The van der Waals surface area contributed by atoms with Crippen molar-refractivity contribution in [3.05, 3.63) is 70.8 Å². The van der Waals surface area contributed by atoms with Crippen LogP contribution < -0.4 is 0 Å². The molecule has 5 atom stereocenters. The Hall–Kier alpha value is -2.67. The predicted molar refractivity (Wildman–Crippen MR) is 136 cm³/mol. The molecule has 2 aromatic rings. The van der Waals surface area contributed by atoms with Gasteiger partial charge in [-0.25, -0.2) is 0 Å². The van der Waals surface area contributed by atoms with Gasteiger partial charge in [-0.1, -0.05) is 30.3 Å². The van der Waals surface area contributed by atoms with Crippen molar-refractivity contribution in [2.75, 3.05) is 32.8 Å². The fourth-order valence-corrected chi connectivity index (χ4v) is 5.76. The van der Waals surface area contributed by atoms with Crippen LogP contribution >= 0.6 is 0 Å². The molecule has 2 saturated heterocycles. The molecule has 6 nitrogen and oxygen atoms in total. The lowest BCUT2D eigenvalue weighted by molar-refractivity contribution is -0.201. The first-order valence-electron chi connectivity index (χ1n) is 13.4. The van der Waals surface area contributed by atoms with Crippen LogP contribution in [-0.2, 0) is 26.6 Å². The molecular weight excluding hydrogens is 556 g/mol. The van der Waals surface area contributed by atoms with E-state index in [-0.39, 0.29) is 24.5 Å². The summed E-state index contributed by atoms with van der Waals surface area (Å²) in [7, 11) is 0. The standard InChI is InChI=1S/C29H33F6NO5/c1-27(26(38)39)9-5-10-36(17-27)15-19-8-11-40-25(24(19)18-6-3-2-4-7-18)41-16-23(37)20-12-21(28(30,31)32)14-22(13-20)29(33,34)35/h2-4,6-7,12-14,19,23-25,37H,5,8-11,15-17H2,1H3,(H,38,39)/t19-,23?,24-,25?,27-/m1/s1. The molecule has 4 rings (SSSR count). The third kappa shape index (κ3) is 7.59. The largest absolute Gasteiger partial charge is 0.481 e. The van der Waals surface area contributed by atoms with Crippen molar-refractivity contribution < 1.29 is 50.8 Å². The van der Waals surface area contributed by atoms with E-state index < -0.39 is 59.4 Å². The lowest BCUT2D eigenvalue weighted by atomic mass is 9.79. The number of benzene rings is 2. The highest BCUT2D eigenvalue weighted by Crippen LogP contribution is 2.40. The highest BCUT2D eigenvalue weighted by Gasteiger charge is 2.42. The number of aliphatic carboxylic acids is 1. The van der Waals surface area contributed by atoms with Crippen LogP contribution in [0.15, 0.2) is 48.5 Å². The molecule has 0 aliphatic carbocycles. The van der Waals surface area contributed by atoms with Crippen LogP contribution in [0.4, 0.5) is 26.3 Å². The molecule has 2 aliphatic heterocycles. The summed E-state index contributed by atoms with van der Waals surface area (Å²) in [5.41, 5.74) is -3.63. The molecule has 2 N–H and O–H groups in total. The molecule has 2 fully saturated rings. The molecule has 0 spiro atoms. The van der Waals surface area contributed by atoms with Crippen molar-refractivity contribution in [3.8, 4) is 0 Å². The molecule has 0 saturated carbocycles. The van der Waals surface area contributed by atoms with Crippen molar-refractivity contribution in [3.63, 3.8) is 0 Å². The van der Waals surface area contributed by atoms with Crippen LogP contribution in [0.25, 0.3) is 0 Å². The minimum Gasteiger partial charge on any atom is -0.481 e. The van der Waals surface area contributed by atoms with Crippen LogP contribution in [0.3, 0.4) is 0 Å². The number of piperidine rings is 1. The first kappa shape index (κ1) is 31.3. The fourth-order valence-electron chi connectivity index (χ4n) is 5.76. The van der Waals surface area contributed by atoms with Gasteiger partial charge in [-0.15, -0.1) is 0 Å². The molecule has 0 aromatic heterocycles. The first-order chi connectivity index (χ1) is 19.2. The van der Waals surface area contributed by atoms with Crippen LogP contribution in [0.2, 0.25) is 0 Å². The van der Waals surface area contributed by atoms with Gasteiger partial charge in [-0.3, -0.25) is 4.79 Å². The Morgan fingerprint density at radius 1 is 1.10 bits per heavy atom. The molecule has 2 heterocycles. The second kappa shape index (κ2) is 12.3. The Balaban J connectivity index is 1.54. The maximum atomic E-state index is 13.3. The van der Waals surface area contributed by atoms with Crippen molar-refractivity contribution >= 4 is 5.97 Å². The zero-order chi connectivity index (χ0) is 30.0. The van der Waals surface area contributed by atoms with E-state index in [1.165, 1.54) is 0 Å². The van der Waals surface area contributed by atoms with E-state index in [9.17, 15) is 41.4 Å². The fraction of sp³-hybridized carbons (Fsp3) is 0.552. The van der Waals surface area contributed by atoms with Crippen molar-refractivity contribution in [1.82, 2.24) is 4.90 Å². The monoisotopic (exact) mass is 589 g/mol. The van der Waals surface area contributed by atoms with Crippen LogP contribution in [0, 0.1) is 11.3 Å². The van der Waals surface area contributed by atoms with E-state index in [2.05, 4.69) is 4.90 Å². The molecular formula is C29H33F6NO5. The number of carbonyl (C=O) groups is 1. The van der Waals surface area contributed by atoms with Gasteiger partial charge in [-0.2, -0.15) is 26.3 Å². The van der Waals surface area contributed by atoms with E-state index in [1.54, 1.807) is 6.92 Å². The van der Waals surface area contributed by atoms with Gasteiger partial charge in [0.2, 0.25) is 0 Å². The summed E-state index contributed by atoms with van der Waals surface area (Å²) < 4.78 is 91.6. The first-order valence-corrected chi connectivity index (χ1v) is 13.4. The predicted octanol–water partition coefficient (Wildman–Crippen LogP) is 6.11. The van der Waals surface area contributed by atoms with Gasteiger partial charge < -0.3 is 24.6 Å². The molecule has 2 aromatic carbocycles. The second-order valence-corrected chi connectivity index (χ2v) is 11.1. The lowest BCUT2D eigenvalue weighted by Crippen LogP contribution is -2.49. The Morgan fingerprint density at radius 3 is 2.32 bits per heavy atom. The molecule has 41 heavy (non-hydrogen) atoms. The molecule has 0 amide bonds. The molecule has 0 radical (unpaired) electrons. The van der Waals surface area contributed by atoms with Gasteiger partial charge in [0.15, 0.2) is 6.29 Å². The third-order valence-corrected chi connectivity index (χ3v) is 7.95. The molecule has 2 aliphatic rings. The number of hydrogen-bond donors (Lipinski definition) is 2. The number of likely N-dealkylation sites (tertiary alicyclic amines) is 1. The number of aliphatic hydroxyl groups is 1. The minimum absolute atomic E-state index is 0.00723. The quantitative estimate of drug-likeness (QED) is 0.362. The summed E-state index contributed by atoms with van der Waals surface area (Å²) in [6, 6.07) is 10.2. The number of halogens is 6. The Kier molecular flexibility index (Phi) is 9.37. The number of rotatable bonds is 8. The van der Waals surface area contributed by atoms with E-state index >= 15 is 0 Å². The van der Waals surface area contributed by atoms with E-state index in [0.717, 1.165) is 18.5 Å². The van der Waals surface area contributed by atoms with Gasteiger partial charge in [0.05, 0.1) is 29.8 Å². The van der Waals surface area contributed by atoms with Crippen molar-refractivity contribution in [1.29, 1.82) is 0 Å². The van der Waals surface area contributed by atoms with E-state index in [4.69, 9.17) is 9.47 Å². The maximum Gasteiger partial charge on any atom is 0.416 e. The highest BCUT2D eigenvalue weighted by atomic mass is 19.4. The Bertz CT molecular complexity index is 1160. The summed E-state index contributed by atoms with van der Waals surface area (Å²) in [5, 5.41) is 20.4. The number of carboxylic acids is 1. The number of hydrogen-bond acceptors (Lipinski definition) is 5. The van der Waals surface area contributed by atoms with Gasteiger partial charge in [0.1, 0.15) is 6.10 Å². The Labute approximate surface area is 233 Å². The zero-order valence-electron chi connectivity index (χ0n) is 22.4. The van der Waals surface area contributed by atoms with Crippen LogP contribution in [0.5, 0.6) is 0 Å². The summed E-state index contributed by atoms with van der Waals surface area (Å²) >= 11 is 0. The normalized spacial score (nSPS) is 27.0. The third-order valence-electron chi connectivity index (χ3n) is 7.95. The summed E-state index contributed by atoms with van der Waals surface area (Å²) in [5.74, 6) is -1.27. The number of ether oxygens (including phenoxy) is 2. The molecule has 2 unspecified atom stereocenters. The average molecular weight is 590 g/mol. The number of aliphatic hydroxyl groups excluding tert-OH is 1. The Morgan fingerprint density at radius 2 is 1.73 bits per heavy atom. The van der Waals surface area contributed by atoms with Gasteiger partial charge in [0.25, 0.3) is 0 Å². The maximum absolute atomic E-state index is 13.3. The number of alkyl halides is 6. The topological polar surface area (TPSA) is 79.2 Å². The molecule has 12 heteroatoms. The van der Waals surface area contributed by atoms with Crippen molar-refractivity contribution in [2.24, 2.45) is 11.3 Å². The van der Waals surface area contributed by atoms with E-state index in [0.29, 0.717) is 38.1 Å². The van der Waals surface area contributed by atoms with E-state index in [1.807, 2.05) is 30.3 Å².